The first-order chi connectivity index (χ1) is 31.4. The molecule has 0 bridgehead atoms. The summed E-state index contributed by atoms with van der Waals surface area (Å²) in [6, 6.07) is 5.92. The summed E-state index contributed by atoms with van der Waals surface area (Å²) in [5.74, 6) is -23.6. The zero-order valence-corrected chi connectivity index (χ0v) is 33.1. The summed E-state index contributed by atoms with van der Waals surface area (Å²) in [5, 5.41) is 151. The van der Waals surface area contributed by atoms with E-state index in [0.717, 1.165) is 0 Å². The van der Waals surface area contributed by atoms with Crippen LogP contribution in [0.15, 0.2) is 60.7 Å². The first-order valence-electron chi connectivity index (χ1n) is 18.4. The quantitative estimate of drug-likeness (QED) is 0.0384. The van der Waals surface area contributed by atoms with Crippen LogP contribution >= 0.6 is 0 Å². The molecule has 1 heterocycles. The largest absolute Gasteiger partial charge is 0.504 e. The minimum Gasteiger partial charge on any atom is -0.504 e. The molecule has 1 aliphatic rings. The maximum absolute atomic E-state index is 13.9. The Morgan fingerprint density at radius 3 is 1.12 bits per heavy atom. The molecule has 0 saturated carbocycles. The Bertz CT molecular complexity index is 2740. The second-order valence-electron chi connectivity index (χ2n) is 14.0. The van der Waals surface area contributed by atoms with E-state index in [0.29, 0.717) is 60.7 Å². The zero-order valence-electron chi connectivity index (χ0n) is 33.1. The Morgan fingerprint density at radius 1 is 0.403 bits per heavy atom. The van der Waals surface area contributed by atoms with Crippen molar-refractivity contribution < 1.29 is 129 Å². The Morgan fingerprint density at radius 2 is 0.716 bits per heavy atom. The van der Waals surface area contributed by atoms with Crippen LogP contribution in [0.2, 0.25) is 0 Å². The smallest absolute Gasteiger partial charge is 0.343 e. The van der Waals surface area contributed by atoms with Crippen molar-refractivity contribution in [2.24, 2.45) is 0 Å². The van der Waals surface area contributed by atoms with Crippen LogP contribution in [0.1, 0.15) is 51.8 Å². The van der Waals surface area contributed by atoms with Crippen LogP contribution in [0.5, 0.6) is 86.2 Å². The van der Waals surface area contributed by atoms with Crippen LogP contribution in [0.4, 0.5) is 0 Å². The molecule has 5 atom stereocenters. The first kappa shape index (κ1) is 47.1. The van der Waals surface area contributed by atoms with Crippen LogP contribution in [0.25, 0.3) is 0 Å². The third-order valence-corrected chi connectivity index (χ3v) is 9.42. The summed E-state index contributed by atoms with van der Waals surface area (Å²) in [5.41, 5.74) is -3.62. The monoisotopic (exact) mass is 940 g/mol. The molecule has 6 rings (SSSR count). The Kier molecular flexibility index (Phi) is 12.9. The van der Waals surface area contributed by atoms with Gasteiger partial charge in [0.1, 0.15) is 18.8 Å². The Labute approximate surface area is 370 Å². The molecule has 15 N–H and O–H groups in total. The molecule has 1 saturated heterocycles. The number of carbonyl (C=O) groups excluding carboxylic acids is 5. The number of phenolic OH excluding ortho intramolecular Hbond substituents is 14. The van der Waals surface area contributed by atoms with Crippen molar-refractivity contribution in [1.82, 2.24) is 0 Å². The minimum absolute atomic E-state index is 0.519. The SMILES string of the molecule is O=C(OCC1OC(OC(=O)c2cc(O)c(O)c(O)c2)C(OC(=O)c2cc(O)c(O)c(O)c2)C(OC(=O)c2cc(O)c(O)c(OC(=O)c3cc(O)c(O)c(O)c3)c2)C1O)c1cc(O)c(O)c(O)c1. The van der Waals surface area contributed by atoms with Gasteiger partial charge in [0.05, 0.1) is 27.8 Å². The van der Waals surface area contributed by atoms with Gasteiger partial charge in [-0.15, -0.1) is 0 Å². The molecular formula is C41H32O26. The Hall–Kier alpha value is -9.43. The molecule has 5 aromatic carbocycles. The lowest BCUT2D eigenvalue weighted by Crippen LogP contribution is -2.62. The van der Waals surface area contributed by atoms with Gasteiger partial charge in [0.2, 0.25) is 18.1 Å². The highest BCUT2D eigenvalue weighted by Gasteiger charge is 2.52. The number of carbonyl (C=O) groups is 5. The van der Waals surface area contributed by atoms with Crippen molar-refractivity contribution in [3.63, 3.8) is 0 Å². The highest BCUT2D eigenvalue weighted by Crippen LogP contribution is 2.42. The average molecular weight is 941 g/mol. The van der Waals surface area contributed by atoms with E-state index in [2.05, 4.69) is 0 Å². The van der Waals surface area contributed by atoms with Crippen molar-refractivity contribution in [3.05, 3.63) is 88.5 Å². The third-order valence-electron chi connectivity index (χ3n) is 9.42. The lowest BCUT2D eigenvalue weighted by Gasteiger charge is -2.42. The number of hydrogen-bond donors (Lipinski definition) is 15. The number of benzene rings is 5. The van der Waals surface area contributed by atoms with Gasteiger partial charge < -0.3 is 105 Å². The number of aliphatic hydroxyl groups excluding tert-OH is 1. The molecule has 67 heavy (non-hydrogen) atoms. The van der Waals surface area contributed by atoms with Gasteiger partial charge in [0, 0.05) is 0 Å². The normalized spacial score (nSPS) is 17.7. The molecule has 1 aliphatic heterocycles. The van der Waals surface area contributed by atoms with Crippen LogP contribution < -0.4 is 4.74 Å². The number of aromatic hydroxyl groups is 14. The number of phenols is 14. The van der Waals surface area contributed by atoms with E-state index < -0.39 is 181 Å². The fraction of sp³-hybridized carbons (Fsp3) is 0.146. The summed E-state index contributed by atoms with van der Waals surface area (Å²) in [7, 11) is 0. The van der Waals surface area contributed by atoms with Gasteiger partial charge in [-0.2, -0.15) is 0 Å². The summed E-state index contributed by atoms with van der Waals surface area (Å²) >= 11 is 0. The van der Waals surface area contributed by atoms with Crippen LogP contribution in [0.3, 0.4) is 0 Å². The fourth-order valence-electron chi connectivity index (χ4n) is 6.02. The maximum Gasteiger partial charge on any atom is 0.343 e. The Balaban J connectivity index is 1.40. The van der Waals surface area contributed by atoms with Gasteiger partial charge in [0.25, 0.3) is 0 Å². The number of aliphatic hydroxyl groups is 1. The molecule has 0 radical (unpaired) electrons. The van der Waals surface area contributed by atoms with Crippen LogP contribution in [-0.2, 0) is 23.7 Å². The van der Waals surface area contributed by atoms with Gasteiger partial charge in [-0.05, 0) is 60.7 Å². The maximum atomic E-state index is 13.9. The van der Waals surface area contributed by atoms with E-state index >= 15 is 0 Å². The van der Waals surface area contributed by atoms with Crippen LogP contribution in [-0.4, -0.2) is 144 Å². The first-order valence-corrected chi connectivity index (χ1v) is 18.4. The molecule has 0 spiro atoms. The number of ether oxygens (including phenoxy) is 6. The van der Waals surface area contributed by atoms with E-state index in [1.54, 1.807) is 0 Å². The summed E-state index contributed by atoms with van der Waals surface area (Å²) in [4.78, 5) is 66.9. The molecule has 26 nitrogen and oxygen atoms in total. The lowest BCUT2D eigenvalue weighted by atomic mass is 9.98. The highest BCUT2D eigenvalue weighted by molar-refractivity contribution is 5.96. The van der Waals surface area contributed by atoms with Crippen molar-refractivity contribution in [3.8, 4) is 86.2 Å². The molecule has 5 aromatic rings. The van der Waals surface area contributed by atoms with E-state index in [9.17, 15) is 101 Å². The topological polar surface area (TPSA) is 444 Å². The third kappa shape index (κ3) is 9.73. The predicted molar refractivity (Wildman–Crippen MR) is 209 cm³/mol. The van der Waals surface area contributed by atoms with Crippen molar-refractivity contribution >= 4 is 29.8 Å². The molecule has 0 aromatic heterocycles. The second kappa shape index (κ2) is 18.3. The molecule has 0 aliphatic carbocycles. The molecule has 26 heteroatoms. The van der Waals surface area contributed by atoms with Gasteiger partial charge in [-0.25, -0.2) is 24.0 Å². The second-order valence-corrected chi connectivity index (χ2v) is 14.0. The highest BCUT2D eigenvalue weighted by atomic mass is 16.7. The van der Waals surface area contributed by atoms with E-state index in [4.69, 9.17) is 28.4 Å². The number of hydrogen-bond acceptors (Lipinski definition) is 26. The number of esters is 5. The number of rotatable bonds is 11. The van der Waals surface area contributed by atoms with Gasteiger partial charge in [-0.1, -0.05) is 0 Å². The summed E-state index contributed by atoms with van der Waals surface area (Å²) in [6.07, 6.45) is -11.8. The fourth-order valence-corrected chi connectivity index (χ4v) is 6.02. The zero-order chi connectivity index (χ0) is 49.3. The van der Waals surface area contributed by atoms with E-state index in [1.165, 1.54) is 0 Å². The van der Waals surface area contributed by atoms with Gasteiger partial charge in [-0.3, -0.25) is 0 Å². The predicted octanol–water partition coefficient (Wildman–Crippen LogP) is 1.34. The van der Waals surface area contributed by atoms with Gasteiger partial charge >= 0.3 is 29.8 Å². The van der Waals surface area contributed by atoms with Gasteiger partial charge in [0.15, 0.2) is 86.6 Å². The minimum atomic E-state index is -2.47. The molecule has 5 unspecified atom stereocenters. The summed E-state index contributed by atoms with van der Waals surface area (Å²) < 4.78 is 32.0. The van der Waals surface area contributed by atoms with E-state index in [1.807, 2.05) is 0 Å². The van der Waals surface area contributed by atoms with Crippen molar-refractivity contribution in [1.29, 1.82) is 0 Å². The lowest BCUT2D eigenvalue weighted by molar-refractivity contribution is -0.283. The average Bonchev–Trinajstić information content (AvgIpc) is 3.27. The van der Waals surface area contributed by atoms with Crippen molar-refractivity contribution in [2.45, 2.75) is 30.7 Å². The molecule has 0 amide bonds. The standard InChI is InChI=1S/C41H32O26/c42-17-1-12(2-18(43)28(17)51)36(57)62-11-27-33(56)34(65-39(60)16-9-25(50)32(55)26(10-16)63-37(58)13-3-19(44)29(52)20(45)4-13)35(66-38(59)14-5-21(46)30(53)22(47)6-14)41(64-27)67-40(61)15-7-23(48)31(54)24(49)8-15/h1-10,27,33-35,41-56H,11H2. The molecular weight excluding hydrogens is 908 g/mol. The molecule has 352 valence electrons. The molecule has 1 fully saturated rings. The summed E-state index contributed by atoms with van der Waals surface area (Å²) in [6.45, 7) is -1.14. The van der Waals surface area contributed by atoms with Crippen LogP contribution in [0, 0.1) is 0 Å². The van der Waals surface area contributed by atoms with Crippen molar-refractivity contribution in [2.75, 3.05) is 6.61 Å². The van der Waals surface area contributed by atoms with E-state index in [-0.39, 0.29) is 0 Å².